The maximum atomic E-state index is 12.4. The molecular weight excluding hydrogens is 332 g/mol. The highest BCUT2D eigenvalue weighted by Gasteiger charge is 2.17. The van der Waals surface area contributed by atoms with E-state index in [9.17, 15) is 13.2 Å². The molecule has 3 nitrogen and oxygen atoms in total. The molecule has 25 heavy (non-hydrogen) atoms. The van der Waals surface area contributed by atoms with Gasteiger partial charge in [0.15, 0.2) is 15.6 Å². The largest absolute Gasteiger partial charge is 0.294 e. The Hall–Kier alpha value is -1.94. The molecule has 0 heterocycles. The van der Waals surface area contributed by atoms with Crippen LogP contribution < -0.4 is 0 Å². The molecule has 0 aliphatic heterocycles. The average molecular weight is 359 g/mol. The molecule has 0 fully saturated rings. The predicted molar refractivity (Wildman–Crippen MR) is 103 cm³/mol. The molecule has 0 bridgehead atoms. The minimum absolute atomic E-state index is 0.0119. The van der Waals surface area contributed by atoms with Gasteiger partial charge in [-0.2, -0.15) is 0 Å². The van der Waals surface area contributed by atoms with Crippen molar-refractivity contribution in [2.24, 2.45) is 0 Å². The Morgan fingerprint density at radius 1 is 0.880 bits per heavy atom. The number of carbonyl (C=O) groups is 1. The van der Waals surface area contributed by atoms with Crippen molar-refractivity contribution in [1.29, 1.82) is 0 Å². The molecule has 2 rings (SSSR count). The fraction of sp³-hybridized carbons (Fsp3) is 0.381. The van der Waals surface area contributed by atoms with Crippen molar-refractivity contribution in [1.82, 2.24) is 0 Å². The van der Waals surface area contributed by atoms with E-state index in [1.165, 1.54) is 5.56 Å². The third-order valence-corrected chi connectivity index (χ3v) is 6.46. The number of hydrogen-bond donors (Lipinski definition) is 0. The molecule has 0 aliphatic carbocycles. The Balaban J connectivity index is 2.02. The van der Waals surface area contributed by atoms with E-state index in [1.54, 1.807) is 38.1 Å². The molecule has 0 spiro atoms. The molecule has 0 N–H and O–H groups in total. The Labute approximate surface area is 151 Å². The van der Waals surface area contributed by atoms with Crippen molar-refractivity contribution in [3.8, 4) is 0 Å². The number of carbonyl (C=O) groups excluding carboxylic acids is 1. The fourth-order valence-electron chi connectivity index (χ4n) is 2.59. The number of rotatable bonds is 8. The highest BCUT2D eigenvalue weighted by atomic mass is 32.2. The average Bonchev–Trinajstić information content (AvgIpc) is 2.57. The van der Waals surface area contributed by atoms with Gasteiger partial charge >= 0.3 is 0 Å². The van der Waals surface area contributed by atoms with Gasteiger partial charge in [0.2, 0.25) is 0 Å². The highest BCUT2D eigenvalue weighted by molar-refractivity contribution is 7.91. The van der Waals surface area contributed by atoms with Gasteiger partial charge in [-0.05, 0) is 37.0 Å². The van der Waals surface area contributed by atoms with Crippen LogP contribution in [0.3, 0.4) is 0 Å². The summed E-state index contributed by atoms with van der Waals surface area (Å²) in [6.07, 6.45) is 2.52. The molecule has 0 unspecified atom stereocenters. The molecule has 2 aromatic rings. The van der Waals surface area contributed by atoms with E-state index in [-0.39, 0.29) is 11.5 Å². The van der Waals surface area contributed by atoms with Crippen LogP contribution in [0.15, 0.2) is 48.5 Å². The molecule has 2 aromatic carbocycles. The minimum atomic E-state index is -3.13. The van der Waals surface area contributed by atoms with Crippen LogP contribution in [0.4, 0.5) is 0 Å². The SMILES string of the molecule is CCCc1ccc(CC(=O)c2ccc(CS(=O)(=O)C(C)C)cc2)cc1. The number of aryl methyl sites for hydroxylation is 1. The first-order valence-corrected chi connectivity index (χ1v) is 10.4. The van der Waals surface area contributed by atoms with E-state index in [2.05, 4.69) is 19.1 Å². The van der Waals surface area contributed by atoms with E-state index in [1.807, 2.05) is 12.1 Å². The second-order valence-electron chi connectivity index (χ2n) is 6.72. The van der Waals surface area contributed by atoms with E-state index >= 15 is 0 Å². The molecule has 0 aromatic heterocycles. The quantitative estimate of drug-likeness (QED) is 0.658. The topological polar surface area (TPSA) is 51.2 Å². The van der Waals surface area contributed by atoms with Crippen molar-refractivity contribution < 1.29 is 13.2 Å². The van der Waals surface area contributed by atoms with Gasteiger partial charge in [-0.3, -0.25) is 4.79 Å². The summed E-state index contributed by atoms with van der Waals surface area (Å²) in [5.74, 6) is 0.0550. The van der Waals surface area contributed by atoms with E-state index in [0.29, 0.717) is 17.5 Å². The lowest BCUT2D eigenvalue weighted by Crippen LogP contribution is -2.16. The minimum Gasteiger partial charge on any atom is -0.294 e. The Kier molecular flexibility index (Phi) is 6.54. The van der Waals surface area contributed by atoms with Crippen LogP contribution in [-0.2, 0) is 28.4 Å². The lowest BCUT2D eigenvalue weighted by molar-refractivity contribution is 0.0993. The third-order valence-electron chi connectivity index (χ3n) is 4.29. The monoisotopic (exact) mass is 358 g/mol. The first kappa shape index (κ1) is 19.4. The van der Waals surface area contributed by atoms with Gasteiger partial charge < -0.3 is 0 Å². The van der Waals surface area contributed by atoms with Crippen molar-refractivity contribution in [3.05, 3.63) is 70.8 Å². The molecular formula is C21H26O3S. The zero-order valence-corrected chi connectivity index (χ0v) is 16.0. The van der Waals surface area contributed by atoms with Crippen LogP contribution in [0.25, 0.3) is 0 Å². The molecule has 0 atom stereocenters. The second-order valence-corrected chi connectivity index (χ2v) is 9.28. The van der Waals surface area contributed by atoms with Crippen molar-refractivity contribution in [2.45, 2.75) is 51.0 Å². The standard InChI is InChI=1S/C21H26O3S/c1-4-5-17-6-8-18(9-7-17)14-21(22)20-12-10-19(11-13-20)15-25(23,24)16(2)3/h6-13,16H,4-5,14-15H2,1-3H3. The molecule has 4 heteroatoms. The number of sulfone groups is 1. The zero-order chi connectivity index (χ0) is 18.4. The number of Topliss-reactive ketones (excluding diaryl/α,β-unsaturated/α-hetero) is 1. The fourth-order valence-corrected chi connectivity index (χ4v) is 3.58. The maximum absolute atomic E-state index is 12.4. The molecule has 0 saturated carbocycles. The third kappa shape index (κ3) is 5.53. The van der Waals surface area contributed by atoms with Crippen molar-refractivity contribution in [3.63, 3.8) is 0 Å². The normalized spacial score (nSPS) is 11.7. The van der Waals surface area contributed by atoms with Gasteiger partial charge in [-0.15, -0.1) is 0 Å². The number of benzene rings is 2. The van der Waals surface area contributed by atoms with Crippen LogP contribution in [-0.4, -0.2) is 19.5 Å². The summed E-state index contributed by atoms with van der Waals surface area (Å²) in [6, 6.07) is 15.1. The summed E-state index contributed by atoms with van der Waals surface area (Å²) in [5, 5.41) is -0.399. The number of ketones is 1. The Morgan fingerprint density at radius 3 is 1.92 bits per heavy atom. The highest BCUT2D eigenvalue weighted by Crippen LogP contribution is 2.14. The molecule has 0 radical (unpaired) electrons. The lowest BCUT2D eigenvalue weighted by atomic mass is 10.0. The van der Waals surface area contributed by atoms with Gasteiger partial charge in [-0.1, -0.05) is 61.9 Å². The summed E-state index contributed by atoms with van der Waals surface area (Å²) in [7, 11) is -3.13. The van der Waals surface area contributed by atoms with Crippen LogP contribution in [0.2, 0.25) is 0 Å². The summed E-state index contributed by atoms with van der Waals surface area (Å²) in [5.41, 5.74) is 3.61. The summed E-state index contributed by atoms with van der Waals surface area (Å²) in [6.45, 7) is 5.51. The Morgan fingerprint density at radius 2 is 1.40 bits per heavy atom. The van der Waals surface area contributed by atoms with Crippen LogP contribution in [0.1, 0.15) is 54.2 Å². The van der Waals surface area contributed by atoms with Crippen LogP contribution in [0, 0.1) is 0 Å². The van der Waals surface area contributed by atoms with Crippen molar-refractivity contribution in [2.75, 3.05) is 0 Å². The first-order valence-electron chi connectivity index (χ1n) is 8.73. The van der Waals surface area contributed by atoms with Crippen molar-refractivity contribution >= 4 is 15.6 Å². The summed E-state index contributed by atoms with van der Waals surface area (Å²) in [4.78, 5) is 12.4. The van der Waals surface area contributed by atoms with Gasteiger partial charge in [0.25, 0.3) is 0 Å². The maximum Gasteiger partial charge on any atom is 0.167 e. The first-order chi connectivity index (χ1) is 11.8. The smallest absolute Gasteiger partial charge is 0.167 e. The summed E-state index contributed by atoms with van der Waals surface area (Å²) >= 11 is 0. The van der Waals surface area contributed by atoms with E-state index < -0.39 is 15.1 Å². The Bertz CT molecular complexity index is 801. The van der Waals surface area contributed by atoms with Gasteiger partial charge in [-0.25, -0.2) is 8.42 Å². The van der Waals surface area contributed by atoms with Crippen LogP contribution in [0.5, 0.6) is 0 Å². The number of hydrogen-bond acceptors (Lipinski definition) is 3. The molecule has 0 amide bonds. The van der Waals surface area contributed by atoms with E-state index in [4.69, 9.17) is 0 Å². The molecule has 0 saturated heterocycles. The summed E-state index contributed by atoms with van der Waals surface area (Å²) < 4.78 is 23.9. The van der Waals surface area contributed by atoms with Gasteiger partial charge in [0.05, 0.1) is 11.0 Å². The van der Waals surface area contributed by atoms with E-state index in [0.717, 1.165) is 18.4 Å². The zero-order valence-electron chi connectivity index (χ0n) is 15.2. The molecule has 134 valence electrons. The van der Waals surface area contributed by atoms with Gasteiger partial charge in [0.1, 0.15) is 0 Å². The van der Waals surface area contributed by atoms with Crippen LogP contribution >= 0.6 is 0 Å². The lowest BCUT2D eigenvalue weighted by Gasteiger charge is -2.08. The molecule has 0 aliphatic rings. The second kappa shape index (κ2) is 8.43. The predicted octanol–water partition coefficient (Wildman–Crippen LogP) is 4.39. The van der Waals surface area contributed by atoms with Gasteiger partial charge in [0, 0.05) is 12.0 Å².